The fourth-order valence-corrected chi connectivity index (χ4v) is 1.65. The van der Waals surface area contributed by atoms with E-state index in [-0.39, 0.29) is 16.1 Å². The van der Waals surface area contributed by atoms with Crippen molar-refractivity contribution in [2.45, 2.75) is 0 Å². The van der Waals surface area contributed by atoms with Crippen LogP contribution in [0.5, 0.6) is 0 Å². The first-order valence-corrected chi connectivity index (χ1v) is 5.69. The van der Waals surface area contributed by atoms with Crippen LogP contribution in [0.15, 0.2) is 17.8 Å². The smallest absolute Gasteiger partial charge is 0.259 e. The molecule has 2 rings (SSSR count). The summed E-state index contributed by atoms with van der Waals surface area (Å²) in [6.07, 6.45) is 1.34. The average Bonchev–Trinajstić information content (AvgIpc) is 2.74. The summed E-state index contributed by atoms with van der Waals surface area (Å²) in [6.45, 7) is 0. The third-order valence-corrected chi connectivity index (χ3v) is 2.93. The summed E-state index contributed by atoms with van der Waals surface area (Å²) in [7, 11) is 0. The Hall–Kier alpha value is -1.24. The number of rotatable bonds is 2. The van der Waals surface area contributed by atoms with Crippen molar-refractivity contribution in [3.63, 3.8) is 0 Å². The molecule has 0 unspecified atom stereocenters. The van der Waals surface area contributed by atoms with Gasteiger partial charge in [-0.05, 0) is 6.07 Å². The van der Waals surface area contributed by atoms with Gasteiger partial charge in [-0.25, -0.2) is 4.98 Å². The predicted molar refractivity (Wildman–Crippen MR) is 62.1 cm³/mol. The average molecular weight is 275 g/mol. The lowest BCUT2D eigenvalue weighted by molar-refractivity contribution is 0.102. The second-order valence-electron chi connectivity index (χ2n) is 2.69. The lowest BCUT2D eigenvalue weighted by Crippen LogP contribution is -2.12. The highest BCUT2D eigenvalue weighted by molar-refractivity contribution is 7.13. The molecule has 82 valence electrons. The topological polar surface area (TPSA) is 67.8 Å². The zero-order valence-electron chi connectivity index (χ0n) is 7.65. The van der Waals surface area contributed by atoms with Crippen LogP contribution in [0.25, 0.3) is 0 Å². The number of nitrogens with zero attached hydrogens (tertiary/aromatic N) is 3. The molecule has 8 heteroatoms. The number of carbonyl (C=O) groups excluding carboxylic acids is 1. The predicted octanol–water partition coefficient (Wildman–Crippen LogP) is 2.49. The molecule has 0 atom stereocenters. The summed E-state index contributed by atoms with van der Waals surface area (Å²) >= 11 is 12.6. The first kappa shape index (κ1) is 11.3. The fraction of sp³-hybridized carbons (Fsp3) is 0. The minimum Gasteiger partial charge on any atom is -0.296 e. The molecular weight excluding hydrogens is 271 g/mol. The van der Waals surface area contributed by atoms with Gasteiger partial charge in [-0.1, -0.05) is 34.5 Å². The van der Waals surface area contributed by atoms with Crippen molar-refractivity contribution in [1.82, 2.24) is 15.2 Å². The highest BCUT2D eigenvalue weighted by Crippen LogP contribution is 2.20. The van der Waals surface area contributed by atoms with Crippen molar-refractivity contribution in [3.8, 4) is 0 Å². The summed E-state index contributed by atoms with van der Waals surface area (Å²) in [5.41, 5.74) is 1.83. The molecule has 2 heterocycles. The van der Waals surface area contributed by atoms with E-state index in [0.29, 0.717) is 10.7 Å². The summed E-state index contributed by atoms with van der Waals surface area (Å²) in [5, 5.41) is 10.6. The van der Waals surface area contributed by atoms with E-state index >= 15 is 0 Å². The number of nitrogens with one attached hydrogen (secondary N) is 1. The number of carbonyl (C=O) groups is 1. The number of hydrogen-bond acceptors (Lipinski definition) is 5. The van der Waals surface area contributed by atoms with E-state index < -0.39 is 0 Å². The van der Waals surface area contributed by atoms with Crippen LogP contribution in [0.1, 0.15) is 10.4 Å². The van der Waals surface area contributed by atoms with Gasteiger partial charge in [0.25, 0.3) is 5.91 Å². The van der Waals surface area contributed by atoms with E-state index in [0.717, 1.165) is 0 Å². The molecule has 16 heavy (non-hydrogen) atoms. The van der Waals surface area contributed by atoms with E-state index in [2.05, 4.69) is 20.5 Å². The molecule has 0 fully saturated rings. The quantitative estimate of drug-likeness (QED) is 0.855. The maximum Gasteiger partial charge on any atom is 0.259 e. The monoisotopic (exact) mass is 274 g/mol. The van der Waals surface area contributed by atoms with Crippen LogP contribution >= 0.6 is 34.5 Å². The Bertz CT molecular complexity index is 517. The fourth-order valence-electron chi connectivity index (χ4n) is 0.942. The lowest BCUT2D eigenvalue weighted by atomic mass is 10.3. The maximum atomic E-state index is 11.7. The van der Waals surface area contributed by atoms with Crippen LogP contribution in [0.4, 0.5) is 5.13 Å². The van der Waals surface area contributed by atoms with E-state index in [1.807, 2.05) is 0 Å². The van der Waals surface area contributed by atoms with Gasteiger partial charge in [0.15, 0.2) is 0 Å². The Morgan fingerprint density at radius 1 is 1.44 bits per heavy atom. The van der Waals surface area contributed by atoms with Crippen molar-refractivity contribution in [1.29, 1.82) is 0 Å². The van der Waals surface area contributed by atoms with Crippen LogP contribution in [-0.4, -0.2) is 21.1 Å². The molecular formula is C8H4Cl2N4OS. The first-order chi connectivity index (χ1) is 7.66. The molecule has 0 bridgehead atoms. The van der Waals surface area contributed by atoms with Crippen LogP contribution in [-0.2, 0) is 0 Å². The molecule has 0 saturated carbocycles. The van der Waals surface area contributed by atoms with Crippen molar-refractivity contribution in [2.75, 3.05) is 5.32 Å². The minimum atomic E-state index is -0.359. The van der Waals surface area contributed by atoms with Gasteiger partial charge in [-0.2, -0.15) is 0 Å². The molecule has 0 saturated heterocycles. The van der Waals surface area contributed by atoms with Crippen LogP contribution < -0.4 is 5.32 Å². The molecule has 0 aromatic carbocycles. The van der Waals surface area contributed by atoms with Crippen LogP contribution in [0.3, 0.4) is 0 Å². The number of aromatic nitrogens is 3. The van der Waals surface area contributed by atoms with Gasteiger partial charge in [-0.3, -0.25) is 10.1 Å². The first-order valence-electron chi connectivity index (χ1n) is 4.05. The zero-order valence-corrected chi connectivity index (χ0v) is 9.97. The molecule has 2 aromatic heterocycles. The van der Waals surface area contributed by atoms with Gasteiger partial charge < -0.3 is 0 Å². The summed E-state index contributed by atoms with van der Waals surface area (Å²) in [6, 6.07) is 1.44. The van der Waals surface area contributed by atoms with E-state index in [9.17, 15) is 4.79 Å². The highest BCUT2D eigenvalue weighted by Gasteiger charge is 2.10. The van der Waals surface area contributed by atoms with E-state index in [1.165, 1.54) is 29.1 Å². The molecule has 0 radical (unpaired) electrons. The third kappa shape index (κ3) is 2.46. The number of amides is 1. The van der Waals surface area contributed by atoms with E-state index in [4.69, 9.17) is 23.2 Å². The lowest BCUT2D eigenvalue weighted by Gasteiger charge is -2.01. The summed E-state index contributed by atoms with van der Waals surface area (Å²) in [5.74, 6) is -0.359. The Kier molecular flexibility index (Phi) is 3.33. The molecule has 0 aliphatic rings. The highest BCUT2D eigenvalue weighted by atomic mass is 35.5. The van der Waals surface area contributed by atoms with Gasteiger partial charge >= 0.3 is 0 Å². The second kappa shape index (κ2) is 4.73. The van der Waals surface area contributed by atoms with Crippen molar-refractivity contribution >= 4 is 45.6 Å². The van der Waals surface area contributed by atoms with Gasteiger partial charge in [0, 0.05) is 6.20 Å². The normalized spacial score (nSPS) is 10.1. The summed E-state index contributed by atoms with van der Waals surface area (Å²) in [4.78, 5) is 15.4. The van der Waals surface area contributed by atoms with Crippen LogP contribution in [0.2, 0.25) is 10.2 Å². The van der Waals surface area contributed by atoms with E-state index in [1.54, 1.807) is 0 Å². The Labute approximate surface area is 104 Å². The minimum absolute atomic E-state index is 0.161. The van der Waals surface area contributed by atoms with Crippen molar-refractivity contribution in [2.24, 2.45) is 0 Å². The van der Waals surface area contributed by atoms with Gasteiger partial charge in [0.1, 0.15) is 10.7 Å². The second-order valence-corrected chi connectivity index (χ2v) is 4.29. The molecule has 0 spiro atoms. The van der Waals surface area contributed by atoms with Crippen molar-refractivity contribution in [3.05, 3.63) is 33.5 Å². The SMILES string of the molecule is O=C(Nc1nncs1)c1cnc(Cl)c(Cl)c1. The molecule has 1 N–H and O–H groups in total. The number of pyridine rings is 1. The number of halogens is 2. The van der Waals surface area contributed by atoms with Crippen LogP contribution in [0, 0.1) is 0 Å². The largest absolute Gasteiger partial charge is 0.296 e. The number of anilines is 1. The van der Waals surface area contributed by atoms with Gasteiger partial charge in [-0.15, -0.1) is 10.2 Å². The number of hydrogen-bond donors (Lipinski definition) is 1. The Morgan fingerprint density at radius 2 is 2.25 bits per heavy atom. The molecule has 2 aromatic rings. The van der Waals surface area contributed by atoms with Gasteiger partial charge in [0.05, 0.1) is 10.6 Å². The Balaban J connectivity index is 2.18. The zero-order chi connectivity index (χ0) is 11.5. The molecule has 0 aliphatic heterocycles. The third-order valence-electron chi connectivity index (χ3n) is 1.64. The molecule has 1 amide bonds. The van der Waals surface area contributed by atoms with Crippen molar-refractivity contribution < 1.29 is 4.79 Å². The standard InChI is InChI=1S/C8H4Cl2N4OS/c9-5-1-4(2-11-6(5)10)7(15)13-8-14-12-3-16-8/h1-3H,(H,13,14,15). The maximum absolute atomic E-state index is 11.7. The van der Waals surface area contributed by atoms with Gasteiger partial charge in [0.2, 0.25) is 5.13 Å². The molecule has 0 aliphatic carbocycles. The Morgan fingerprint density at radius 3 is 2.88 bits per heavy atom. The molecule has 5 nitrogen and oxygen atoms in total. The summed E-state index contributed by atoms with van der Waals surface area (Å²) < 4.78 is 0.